The van der Waals surface area contributed by atoms with Crippen molar-refractivity contribution in [1.29, 1.82) is 0 Å². The Kier molecular flexibility index (Phi) is 7.25. The first kappa shape index (κ1) is 21.4. The zero-order valence-electron chi connectivity index (χ0n) is 15.3. The summed E-state index contributed by atoms with van der Waals surface area (Å²) in [4.78, 5) is 47.5. The number of carboxylic acid groups (broad SMARTS) is 1. The molecule has 0 aliphatic heterocycles. The quantitative estimate of drug-likeness (QED) is 0.352. The van der Waals surface area contributed by atoms with Gasteiger partial charge in [-0.25, -0.2) is 9.59 Å². The molecular formula is C21H19NO7. The number of rotatable bonds is 8. The Morgan fingerprint density at radius 3 is 2.21 bits per heavy atom. The number of aromatic hydroxyl groups is 1. The van der Waals surface area contributed by atoms with E-state index in [1.807, 2.05) is 0 Å². The predicted octanol–water partition coefficient (Wildman–Crippen LogP) is 1.83. The predicted molar refractivity (Wildman–Crippen MR) is 102 cm³/mol. The largest absolute Gasteiger partial charge is 0.508 e. The standard InChI is InChI=1S/C21H19NO7/c1-13(11-18(24)25)20(27)29-21(28)17(12-14-7-9-16(23)10-8-14)22-19(26)15-5-3-2-4-6-15/h2-10,17,23H,1,11-12H2,(H,22,26)(H,24,25). The van der Waals surface area contributed by atoms with Gasteiger partial charge in [-0.15, -0.1) is 0 Å². The molecule has 2 aromatic carbocycles. The van der Waals surface area contributed by atoms with Gasteiger partial charge < -0.3 is 20.3 Å². The van der Waals surface area contributed by atoms with Gasteiger partial charge >= 0.3 is 17.9 Å². The zero-order valence-corrected chi connectivity index (χ0v) is 15.3. The molecule has 0 radical (unpaired) electrons. The van der Waals surface area contributed by atoms with Gasteiger partial charge in [0.2, 0.25) is 0 Å². The van der Waals surface area contributed by atoms with Crippen LogP contribution in [0.2, 0.25) is 0 Å². The van der Waals surface area contributed by atoms with Crippen LogP contribution in [0.25, 0.3) is 0 Å². The van der Waals surface area contributed by atoms with Gasteiger partial charge in [-0.3, -0.25) is 9.59 Å². The summed E-state index contributed by atoms with van der Waals surface area (Å²) < 4.78 is 4.70. The fourth-order valence-corrected chi connectivity index (χ4v) is 2.38. The Morgan fingerprint density at radius 1 is 1.00 bits per heavy atom. The van der Waals surface area contributed by atoms with Gasteiger partial charge in [-0.1, -0.05) is 36.9 Å². The Morgan fingerprint density at radius 2 is 1.62 bits per heavy atom. The Balaban J connectivity index is 2.16. The number of hydrogen-bond acceptors (Lipinski definition) is 6. The summed E-state index contributed by atoms with van der Waals surface area (Å²) in [5.41, 5.74) is 0.496. The van der Waals surface area contributed by atoms with Crippen molar-refractivity contribution in [1.82, 2.24) is 5.32 Å². The lowest BCUT2D eigenvalue weighted by Crippen LogP contribution is -2.44. The molecule has 0 aliphatic rings. The van der Waals surface area contributed by atoms with Gasteiger partial charge in [0, 0.05) is 17.6 Å². The van der Waals surface area contributed by atoms with Crippen LogP contribution in [-0.4, -0.2) is 40.1 Å². The number of carbonyl (C=O) groups excluding carboxylic acids is 3. The third-order valence-electron chi connectivity index (χ3n) is 3.85. The van der Waals surface area contributed by atoms with Crippen molar-refractivity contribution in [3.63, 3.8) is 0 Å². The number of benzene rings is 2. The molecule has 1 unspecified atom stereocenters. The maximum absolute atomic E-state index is 12.5. The summed E-state index contributed by atoms with van der Waals surface area (Å²) in [5, 5.41) is 20.6. The molecule has 1 amide bonds. The molecule has 0 aliphatic carbocycles. The van der Waals surface area contributed by atoms with E-state index in [0.717, 1.165) is 0 Å². The second-order valence-electron chi connectivity index (χ2n) is 6.15. The molecule has 0 fully saturated rings. The molecule has 0 heterocycles. The molecule has 0 spiro atoms. The van der Waals surface area contributed by atoms with Crippen LogP contribution in [0.15, 0.2) is 66.7 Å². The van der Waals surface area contributed by atoms with Crippen molar-refractivity contribution in [3.05, 3.63) is 77.9 Å². The highest BCUT2D eigenvalue weighted by Crippen LogP contribution is 2.13. The van der Waals surface area contributed by atoms with Crippen molar-refractivity contribution in [2.75, 3.05) is 0 Å². The van der Waals surface area contributed by atoms with Crippen LogP contribution in [0.5, 0.6) is 5.75 Å². The van der Waals surface area contributed by atoms with Crippen LogP contribution >= 0.6 is 0 Å². The van der Waals surface area contributed by atoms with Crippen molar-refractivity contribution in [2.24, 2.45) is 0 Å². The zero-order chi connectivity index (χ0) is 21.4. The third-order valence-corrected chi connectivity index (χ3v) is 3.85. The Hall–Kier alpha value is -3.94. The van der Waals surface area contributed by atoms with E-state index in [-0.39, 0.29) is 12.2 Å². The van der Waals surface area contributed by atoms with E-state index < -0.39 is 41.9 Å². The molecule has 2 aromatic rings. The summed E-state index contributed by atoms with van der Waals surface area (Å²) >= 11 is 0. The number of nitrogens with one attached hydrogen (secondary N) is 1. The van der Waals surface area contributed by atoms with E-state index in [2.05, 4.69) is 11.9 Å². The van der Waals surface area contributed by atoms with E-state index in [9.17, 15) is 24.3 Å². The molecule has 8 heteroatoms. The maximum atomic E-state index is 12.5. The lowest BCUT2D eigenvalue weighted by Gasteiger charge is -2.17. The summed E-state index contributed by atoms with van der Waals surface area (Å²) in [7, 11) is 0. The van der Waals surface area contributed by atoms with Gasteiger partial charge in [0.25, 0.3) is 5.91 Å². The van der Waals surface area contributed by atoms with Crippen LogP contribution in [0.1, 0.15) is 22.3 Å². The monoisotopic (exact) mass is 397 g/mol. The van der Waals surface area contributed by atoms with Crippen LogP contribution in [0.4, 0.5) is 0 Å². The van der Waals surface area contributed by atoms with Gasteiger partial charge in [-0.05, 0) is 29.8 Å². The van der Waals surface area contributed by atoms with E-state index in [0.29, 0.717) is 11.1 Å². The second kappa shape index (κ2) is 9.84. The Bertz CT molecular complexity index is 920. The van der Waals surface area contributed by atoms with Crippen LogP contribution in [-0.2, 0) is 25.5 Å². The Labute approximate surface area is 166 Å². The van der Waals surface area contributed by atoms with Crippen molar-refractivity contribution in [3.8, 4) is 5.75 Å². The summed E-state index contributed by atoms with van der Waals surface area (Å²) in [6.07, 6.45) is -0.693. The maximum Gasteiger partial charge on any atom is 0.341 e. The first-order valence-electron chi connectivity index (χ1n) is 8.55. The average Bonchev–Trinajstić information content (AvgIpc) is 2.69. The number of hydrogen-bond donors (Lipinski definition) is 3. The van der Waals surface area contributed by atoms with Crippen molar-refractivity contribution in [2.45, 2.75) is 18.9 Å². The number of carbonyl (C=O) groups is 4. The minimum absolute atomic E-state index is 0.0175. The average molecular weight is 397 g/mol. The number of phenolic OH excluding ortho intramolecular Hbond substituents is 1. The highest BCUT2D eigenvalue weighted by atomic mass is 16.6. The van der Waals surface area contributed by atoms with Crippen molar-refractivity contribution < 1.29 is 34.1 Å². The molecule has 0 aromatic heterocycles. The van der Waals surface area contributed by atoms with Gasteiger partial charge in [0.05, 0.1) is 6.42 Å². The van der Waals surface area contributed by atoms with E-state index in [4.69, 9.17) is 9.84 Å². The minimum atomic E-state index is -1.29. The fourth-order valence-electron chi connectivity index (χ4n) is 2.38. The van der Waals surface area contributed by atoms with Crippen LogP contribution < -0.4 is 5.32 Å². The molecule has 29 heavy (non-hydrogen) atoms. The highest BCUT2D eigenvalue weighted by Gasteiger charge is 2.27. The fraction of sp³-hybridized carbons (Fsp3) is 0.143. The smallest absolute Gasteiger partial charge is 0.341 e. The molecule has 2 rings (SSSR count). The molecule has 0 bridgehead atoms. The first-order valence-corrected chi connectivity index (χ1v) is 8.55. The normalized spacial score (nSPS) is 11.2. The molecule has 8 nitrogen and oxygen atoms in total. The molecule has 3 N–H and O–H groups in total. The van der Waals surface area contributed by atoms with Gasteiger partial charge in [-0.2, -0.15) is 0 Å². The number of aliphatic carboxylic acids is 1. The summed E-state index contributed by atoms with van der Waals surface area (Å²) in [5.74, 6) is -4.05. The number of ether oxygens (including phenoxy) is 1. The molecule has 1 atom stereocenters. The van der Waals surface area contributed by atoms with E-state index >= 15 is 0 Å². The minimum Gasteiger partial charge on any atom is -0.508 e. The highest BCUT2D eigenvalue weighted by molar-refractivity contribution is 6.02. The first-order chi connectivity index (χ1) is 13.8. The molecule has 0 saturated heterocycles. The number of amides is 1. The lowest BCUT2D eigenvalue weighted by atomic mass is 10.0. The second-order valence-corrected chi connectivity index (χ2v) is 6.15. The number of esters is 2. The van der Waals surface area contributed by atoms with E-state index in [1.165, 1.54) is 12.1 Å². The van der Waals surface area contributed by atoms with Gasteiger partial charge in [0.15, 0.2) is 0 Å². The molecule has 150 valence electrons. The number of phenols is 1. The van der Waals surface area contributed by atoms with Crippen molar-refractivity contribution >= 4 is 23.8 Å². The third kappa shape index (κ3) is 6.62. The van der Waals surface area contributed by atoms with Crippen LogP contribution in [0.3, 0.4) is 0 Å². The lowest BCUT2D eigenvalue weighted by molar-refractivity contribution is -0.159. The van der Waals surface area contributed by atoms with Gasteiger partial charge in [0.1, 0.15) is 11.8 Å². The summed E-state index contributed by atoms with van der Waals surface area (Å²) in [6, 6.07) is 12.8. The number of carboxylic acids is 1. The molecule has 0 saturated carbocycles. The molecular weight excluding hydrogens is 378 g/mol. The topological polar surface area (TPSA) is 130 Å². The van der Waals surface area contributed by atoms with E-state index in [1.54, 1.807) is 42.5 Å². The van der Waals surface area contributed by atoms with Crippen LogP contribution in [0, 0.1) is 0 Å². The summed E-state index contributed by atoms with van der Waals surface area (Å²) in [6.45, 7) is 3.29. The SMILES string of the molecule is C=C(CC(=O)O)C(=O)OC(=O)C(Cc1ccc(O)cc1)NC(=O)c1ccccc1.